The first-order valence-electron chi connectivity index (χ1n) is 9.50. The minimum Gasteiger partial charge on any atom is -0.450 e. The Labute approximate surface area is 184 Å². The zero-order valence-corrected chi connectivity index (χ0v) is 17.6. The Hall–Kier alpha value is -4.18. The molecule has 2 aromatic carbocycles. The average Bonchev–Trinajstić information content (AvgIpc) is 3.24. The number of rotatable bonds is 4. The number of fused-ring (bicyclic) bond motifs is 3. The number of anilines is 2. The molecule has 3 aromatic heterocycles. The maximum atomic E-state index is 13.2. The van der Waals surface area contributed by atoms with Crippen LogP contribution in [0.15, 0.2) is 57.7 Å². The van der Waals surface area contributed by atoms with Crippen LogP contribution in [-0.4, -0.2) is 24.3 Å². The van der Waals surface area contributed by atoms with E-state index in [2.05, 4.69) is 15.3 Å². The molecule has 10 nitrogen and oxygen atoms in total. The van der Waals surface area contributed by atoms with Crippen LogP contribution in [0.1, 0.15) is 5.69 Å². The lowest BCUT2D eigenvalue weighted by Gasteiger charge is -2.07. The van der Waals surface area contributed by atoms with Gasteiger partial charge in [0.15, 0.2) is 11.4 Å². The van der Waals surface area contributed by atoms with Crippen molar-refractivity contribution in [3.8, 4) is 5.69 Å². The number of nitrogens with one attached hydrogen (secondary N) is 1. The van der Waals surface area contributed by atoms with E-state index in [-0.39, 0.29) is 27.9 Å². The molecule has 32 heavy (non-hydrogen) atoms. The number of hydrogen-bond donors (Lipinski definition) is 1. The van der Waals surface area contributed by atoms with Gasteiger partial charge in [-0.1, -0.05) is 18.2 Å². The summed E-state index contributed by atoms with van der Waals surface area (Å²) < 4.78 is 9.11. The molecule has 0 bridgehead atoms. The Morgan fingerprint density at radius 3 is 2.62 bits per heavy atom. The first kappa shape index (κ1) is 19.8. The van der Waals surface area contributed by atoms with E-state index in [4.69, 9.17) is 16.0 Å². The molecule has 0 radical (unpaired) electrons. The Balaban J connectivity index is 1.69. The molecule has 0 aliphatic rings. The van der Waals surface area contributed by atoms with Crippen LogP contribution < -0.4 is 10.9 Å². The summed E-state index contributed by atoms with van der Waals surface area (Å²) in [4.78, 5) is 32.3. The van der Waals surface area contributed by atoms with Gasteiger partial charge < -0.3 is 9.73 Å². The van der Waals surface area contributed by atoms with E-state index >= 15 is 0 Å². The molecular weight excluding hydrogens is 436 g/mol. The summed E-state index contributed by atoms with van der Waals surface area (Å²) in [7, 11) is 1.78. The van der Waals surface area contributed by atoms with Gasteiger partial charge in [-0.25, -0.2) is 9.67 Å². The van der Waals surface area contributed by atoms with Crippen molar-refractivity contribution in [2.45, 2.75) is 6.92 Å². The number of benzene rings is 2. The fraction of sp³-hybridized carbons (Fsp3) is 0.0952. The van der Waals surface area contributed by atoms with Crippen LogP contribution in [-0.2, 0) is 7.05 Å². The van der Waals surface area contributed by atoms with E-state index in [1.54, 1.807) is 18.7 Å². The molecule has 0 saturated heterocycles. The van der Waals surface area contributed by atoms with Gasteiger partial charge >= 0.3 is 0 Å². The molecule has 0 atom stereocenters. The zero-order chi connectivity index (χ0) is 22.6. The Morgan fingerprint density at radius 2 is 1.91 bits per heavy atom. The minimum absolute atomic E-state index is 0.0915. The van der Waals surface area contributed by atoms with E-state index in [0.717, 1.165) is 0 Å². The molecule has 3 heterocycles. The molecule has 11 heteroatoms. The van der Waals surface area contributed by atoms with Crippen molar-refractivity contribution in [2.24, 2.45) is 7.05 Å². The van der Waals surface area contributed by atoms with Gasteiger partial charge in [-0.2, -0.15) is 4.98 Å². The standard InChI is InChI=1S/C21H15ClN6O4/c1-11-16(20(29)27(26(11)2)12-6-4-3-5-7-12)23-19-18-17(24-21(22)25-19)14-10-13(28(30)31)8-9-15(14)32-18/h3-10H,1-2H3,(H,23,24,25). The molecular formula is C21H15ClN6O4. The second-order valence-electron chi connectivity index (χ2n) is 7.12. The van der Waals surface area contributed by atoms with Crippen molar-refractivity contribution in [3.63, 3.8) is 0 Å². The molecule has 0 aliphatic carbocycles. The summed E-state index contributed by atoms with van der Waals surface area (Å²) in [6.45, 7) is 1.80. The predicted octanol–water partition coefficient (Wildman–Crippen LogP) is 4.48. The highest BCUT2D eigenvalue weighted by atomic mass is 35.5. The molecule has 160 valence electrons. The number of halogens is 1. The Morgan fingerprint density at radius 1 is 1.16 bits per heavy atom. The van der Waals surface area contributed by atoms with Gasteiger partial charge in [0.1, 0.15) is 16.8 Å². The number of aromatic nitrogens is 4. The van der Waals surface area contributed by atoms with Crippen LogP contribution in [0, 0.1) is 17.0 Å². The van der Waals surface area contributed by atoms with E-state index in [0.29, 0.717) is 33.6 Å². The third-order valence-corrected chi connectivity index (χ3v) is 5.45. The molecule has 0 spiro atoms. The summed E-state index contributed by atoms with van der Waals surface area (Å²) in [6.07, 6.45) is 0. The summed E-state index contributed by atoms with van der Waals surface area (Å²) in [6, 6.07) is 13.4. The van der Waals surface area contributed by atoms with Crippen molar-refractivity contribution in [1.82, 2.24) is 19.3 Å². The van der Waals surface area contributed by atoms with Crippen molar-refractivity contribution >= 4 is 50.9 Å². The quantitative estimate of drug-likeness (QED) is 0.243. The Kier molecular flexibility index (Phi) is 4.45. The third-order valence-electron chi connectivity index (χ3n) is 5.28. The molecule has 0 saturated carbocycles. The van der Waals surface area contributed by atoms with Crippen LogP contribution in [0.2, 0.25) is 5.28 Å². The lowest BCUT2D eigenvalue weighted by molar-refractivity contribution is -0.384. The smallest absolute Gasteiger partial charge is 0.295 e. The van der Waals surface area contributed by atoms with Crippen molar-refractivity contribution in [1.29, 1.82) is 0 Å². The lowest BCUT2D eigenvalue weighted by atomic mass is 10.2. The molecule has 0 fully saturated rings. The molecule has 0 unspecified atom stereocenters. The van der Waals surface area contributed by atoms with E-state index in [1.165, 1.54) is 22.9 Å². The van der Waals surface area contributed by atoms with Crippen LogP contribution in [0.4, 0.5) is 17.2 Å². The van der Waals surface area contributed by atoms with Gasteiger partial charge in [0.05, 0.1) is 21.7 Å². The van der Waals surface area contributed by atoms with Gasteiger partial charge in [0, 0.05) is 19.2 Å². The highest BCUT2D eigenvalue weighted by Gasteiger charge is 2.22. The van der Waals surface area contributed by atoms with Crippen LogP contribution >= 0.6 is 11.6 Å². The van der Waals surface area contributed by atoms with E-state index in [1.807, 2.05) is 30.3 Å². The van der Waals surface area contributed by atoms with Crippen molar-refractivity contribution in [2.75, 3.05) is 5.32 Å². The summed E-state index contributed by atoms with van der Waals surface area (Å²) in [5.41, 5.74) is 2.20. The number of furan rings is 1. The van der Waals surface area contributed by atoms with Crippen LogP contribution in [0.5, 0.6) is 0 Å². The fourth-order valence-electron chi connectivity index (χ4n) is 3.63. The molecule has 0 aliphatic heterocycles. The molecule has 5 rings (SSSR count). The van der Waals surface area contributed by atoms with Gasteiger partial charge in [-0.15, -0.1) is 0 Å². The summed E-state index contributed by atoms with van der Waals surface area (Å²) >= 11 is 6.14. The van der Waals surface area contributed by atoms with Crippen molar-refractivity contribution < 1.29 is 9.34 Å². The number of non-ortho nitro benzene ring substituents is 1. The van der Waals surface area contributed by atoms with Gasteiger partial charge in [-0.3, -0.25) is 19.6 Å². The summed E-state index contributed by atoms with van der Waals surface area (Å²) in [5.74, 6) is 0.185. The van der Waals surface area contributed by atoms with E-state index in [9.17, 15) is 14.9 Å². The highest BCUT2D eigenvalue weighted by molar-refractivity contribution is 6.29. The van der Waals surface area contributed by atoms with Crippen molar-refractivity contribution in [3.05, 3.63) is 80.0 Å². The van der Waals surface area contributed by atoms with Gasteiger partial charge in [0.25, 0.3) is 11.2 Å². The minimum atomic E-state index is -0.500. The maximum Gasteiger partial charge on any atom is 0.295 e. The second kappa shape index (κ2) is 7.20. The zero-order valence-electron chi connectivity index (χ0n) is 16.9. The third kappa shape index (κ3) is 3.00. The SMILES string of the molecule is Cc1c(Nc2nc(Cl)nc3c2oc2ccc([N+](=O)[O-])cc23)c(=O)n(-c2ccccc2)n1C. The number of hydrogen-bond acceptors (Lipinski definition) is 7. The number of nitro groups is 1. The monoisotopic (exact) mass is 450 g/mol. The molecule has 0 amide bonds. The Bertz CT molecular complexity index is 1590. The first-order valence-corrected chi connectivity index (χ1v) is 9.88. The molecule has 1 N–H and O–H groups in total. The van der Waals surface area contributed by atoms with Gasteiger partial charge in [0.2, 0.25) is 5.28 Å². The second-order valence-corrected chi connectivity index (χ2v) is 7.46. The number of nitro benzene ring substituents is 1. The van der Waals surface area contributed by atoms with Gasteiger partial charge in [-0.05, 0) is 36.7 Å². The van der Waals surface area contributed by atoms with Crippen LogP contribution in [0.25, 0.3) is 27.8 Å². The largest absolute Gasteiger partial charge is 0.450 e. The average molecular weight is 451 g/mol. The summed E-state index contributed by atoms with van der Waals surface area (Å²) in [5, 5.41) is 14.5. The van der Waals surface area contributed by atoms with E-state index < -0.39 is 4.92 Å². The first-order chi connectivity index (χ1) is 15.3. The van der Waals surface area contributed by atoms with Crippen LogP contribution in [0.3, 0.4) is 0 Å². The molecule has 5 aromatic rings. The number of para-hydroxylation sites is 1. The fourth-order valence-corrected chi connectivity index (χ4v) is 3.80. The lowest BCUT2D eigenvalue weighted by Crippen LogP contribution is -2.20. The normalized spacial score (nSPS) is 11.3. The maximum absolute atomic E-state index is 13.2. The highest BCUT2D eigenvalue weighted by Crippen LogP contribution is 2.35. The topological polar surface area (TPSA) is 121 Å². The predicted molar refractivity (Wildman–Crippen MR) is 120 cm³/mol. The number of nitrogens with zero attached hydrogens (tertiary/aromatic N) is 5.